The Morgan fingerprint density at radius 3 is 2.51 bits per heavy atom. The van der Waals surface area contributed by atoms with E-state index in [4.69, 9.17) is 0 Å². The average Bonchev–Trinajstić information content (AvgIpc) is 3.61. The van der Waals surface area contributed by atoms with Gasteiger partial charge in [-0.15, -0.1) is 11.3 Å². The van der Waals surface area contributed by atoms with E-state index in [2.05, 4.69) is 23.6 Å². The van der Waals surface area contributed by atoms with E-state index in [1.165, 1.54) is 28.6 Å². The Labute approximate surface area is 207 Å². The molecular formula is C27H25N3O4S. The van der Waals surface area contributed by atoms with Crippen molar-refractivity contribution in [3.8, 4) is 0 Å². The molecule has 0 spiro atoms. The zero-order valence-corrected chi connectivity index (χ0v) is 19.9. The SMILES string of the molecule is O=C(/C=C/c1ccc([N+](=O)[O-])cc1)N(CC(=O)N1CCc2sccc2C1c1ccccc1)C1CC1. The van der Waals surface area contributed by atoms with E-state index in [1.807, 2.05) is 23.1 Å². The third kappa shape index (κ3) is 5.02. The molecule has 2 heterocycles. The molecule has 8 heteroatoms. The van der Waals surface area contributed by atoms with E-state index in [0.29, 0.717) is 12.1 Å². The number of fused-ring (bicyclic) bond motifs is 1. The highest BCUT2D eigenvalue weighted by Gasteiger charge is 2.37. The highest BCUT2D eigenvalue weighted by atomic mass is 32.1. The van der Waals surface area contributed by atoms with Gasteiger partial charge >= 0.3 is 0 Å². The van der Waals surface area contributed by atoms with Crippen LogP contribution in [0.25, 0.3) is 6.08 Å². The van der Waals surface area contributed by atoms with Crippen molar-refractivity contribution in [1.82, 2.24) is 9.80 Å². The van der Waals surface area contributed by atoms with Gasteiger partial charge in [-0.1, -0.05) is 30.3 Å². The van der Waals surface area contributed by atoms with Gasteiger partial charge in [-0.05, 0) is 65.6 Å². The summed E-state index contributed by atoms with van der Waals surface area (Å²) >= 11 is 1.73. The van der Waals surface area contributed by atoms with Crippen molar-refractivity contribution >= 4 is 34.9 Å². The quantitative estimate of drug-likeness (QED) is 0.271. The molecule has 35 heavy (non-hydrogen) atoms. The number of thiophene rings is 1. The minimum atomic E-state index is -0.457. The lowest BCUT2D eigenvalue weighted by atomic mass is 9.93. The number of nitro groups is 1. The molecule has 2 aromatic carbocycles. The zero-order chi connectivity index (χ0) is 24.4. The van der Waals surface area contributed by atoms with Crippen molar-refractivity contribution in [1.29, 1.82) is 0 Å². The van der Waals surface area contributed by atoms with Crippen LogP contribution in [-0.4, -0.2) is 45.7 Å². The van der Waals surface area contributed by atoms with Crippen molar-refractivity contribution in [2.24, 2.45) is 0 Å². The maximum absolute atomic E-state index is 13.6. The summed E-state index contributed by atoms with van der Waals surface area (Å²) in [5, 5.41) is 12.9. The number of rotatable bonds is 7. The Balaban J connectivity index is 1.33. The average molecular weight is 488 g/mol. The molecule has 1 aliphatic heterocycles. The number of amides is 2. The van der Waals surface area contributed by atoms with Gasteiger partial charge in [0, 0.05) is 35.7 Å². The van der Waals surface area contributed by atoms with Crippen LogP contribution in [0.2, 0.25) is 0 Å². The smallest absolute Gasteiger partial charge is 0.269 e. The van der Waals surface area contributed by atoms with E-state index in [1.54, 1.807) is 34.4 Å². The molecular weight excluding hydrogens is 462 g/mol. The largest absolute Gasteiger partial charge is 0.330 e. The zero-order valence-electron chi connectivity index (χ0n) is 19.1. The van der Waals surface area contributed by atoms with Crippen LogP contribution in [0.15, 0.2) is 72.1 Å². The monoisotopic (exact) mass is 487 g/mol. The fraction of sp³-hybridized carbons (Fsp3) is 0.259. The molecule has 0 bridgehead atoms. The molecule has 1 saturated carbocycles. The number of hydrogen-bond donors (Lipinski definition) is 0. The topological polar surface area (TPSA) is 83.8 Å². The molecule has 1 unspecified atom stereocenters. The highest BCUT2D eigenvalue weighted by Crippen LogP contribution is 2.38. The molecule has 178 valence electrons. The lowest BCUT2D eigenvalue weighted by Crippen LogP contribution is -2.47. The third-order valence-corrected chi connectivity index (χ3v) is 7.50. The van der Waals surface area contributed by atoms with Crippen molar-refractivity contribution < 1.29 is 14.5 Å². The predicted molar refractivity (Wildman–Crippen MR) is 135 cm³/mol. The third-order valence-electron chi connectivity index (χ3n) is 6.50. The van der Waals surface area contributed by atoms with Gasteiger partial charge in [-0.25, -0.2) is 0 Å². The second-order valence-corrected chi connectivity index (χ2v) is 9.83. The Morgan fingerprint density at radius 2 is 1.83 bits per heavy atom. The number of carbonyl (C=O) groups is 2. The molecule has 2 aliphatic rings. The number of nitro benzene ring substituents is 1. The number of hydrogen-bond acceptors (Lipinski definition) is 5. The first kappa shape index (κ1) is 23.0. The lowest BCUT2D eigenvalue weighted by Gasteiger charge is -2.37. The number of carbonyl (C=O) groups excluding carboxylic acids is 2. The van der Waals surface area contributed by atoms with Gasteiger partial charge < -0.3 is 9.80 Å². The van der Waals surface area contributed by atoms with Gasteiger partial charge in [0.15, 0.2) is 0 Å². The van der Waals surface area contributed by atoms with Crippen LogP contribution in [0.4, 0.5) is 5.69 Å². The normalized spacial score (nSPS) is 17.3. The summed E-state index contributed by atoms with van der Waals surface area (Å²) in [7, 11) is 0. The van der Waals surface area contributed by atoms with E-state index < -0.39 is 4.92 Å². The Hall–Kier alpha value is -3.78. The molecule has 2 amide bonds. The van der Waals surface area contributed by atoms with Crippen molar-refractivity contribution in [3.05, 3.63) is 104 Å². The van der Waals surface area contributed by atoms with Gasteiger partial charge in [0.25, 0.3) is 5.69 Å². The predicted octanol–water partition coefficient (Wildman–Crippen LogP) is 4.83. The summed E-state index contributed by atoms with van der Waals surface area (Å²) in [6, 6.07) is 18.1. The molecule has 1 atom stereocenters. The number of non-ortho nitro benzene ring substituents is 1. The maximum atomic E-state index is 13.6. The molecule has 0 saturated heterocycles. The van der Waals surface area contributed by atoms with E-state index in [-0.39, 0.29) is 36.1 Å². The van der Waals surface area contributed by atoms with Crippen LogP contribution in [0, 0.1) is 10.1 Å². The Bertz CT molecular complexity index is 1270. The molecule has 3 aromatic rings. The van der Waals surface area contributed by atoms with Gasteiger partial charge in [-0.3, -0.25) is 19.7 Å². The summed E-state index contributed by atoms with van der Waals surface area (Å²) in [6.07, 6.45) is 5.69. The van der Waals surface area contributed by atoms with Crippen molar-refractivity contribution in [2.45, 2.75) is 31.3 Å². The molecule has 5 rings (SSSR count). The second-order valence-electron chi connectivity index (χ2n) is 8.83. The van der Waals surface area contributed by atoms with Crippen LogP contribution in [0.5, 0.6) is 0 Å². The van der Waals surface area contributed by atoms with Crippen LogP contribution in [-0.2, 0) is 16.0 Å². The van der Waals surface area contributed by atoms with Crippen molar-refractivity contribution in [3.63, 3.8) is 0 Å². The first-order valence-corrected chi connectivity index (χ1v) is 12.5. The van der Waals surface area contributed by atoms with Crippen LogP contribution in [0.1, 0.15) is 40.5 Å². The summed E-state index contributed by atoms with van der Waals surface area (Å²) in [5.74, 6) is -0.275. The minimum absolute atomic E-state index is 0.00182. The Kier molecular flexibility index (Phi) is 6.46. The maximum Gasteiger partial charge on any atom is 0.269 e. The fourth-order valence-electron chi connectivity index (χ4n) is 4.56. The second kappa shape index (κ2) is 9.84. The van der Waals surface area contributed by atoms with Gasteiger partial charge in [-0.2, -0.15) is 0 Å². The van der Waals surface area contributed by atoms with Gasteiger partial charge in [0.2, 0.25) is 11.8 Å². The van der Waals surface area contributed by atoms with E-state index >= 15 is 0 Å². The first-order chi connectivity index (χ1) is 17.0. The molecule has 1 aliphatic carbocycles. The number of nitrogens with zero attached hydrogens (tertiary/aromatic N) is 3. The summed E-state index contributed by atoms with van der Waals surface area (Å²) in [5.41, 5.74) is 2.93. The molecule has 7 nitrogen and oxygen atoms in total. The molecule has 0 radical (unpaired) electrons. The van der Waals surface area contributed by atoms with Gasteiger partial charge in [0.05, 0.1) is 11.0 Å². The highest BCUT2D eigenvalue weighted by molar-refractivity contribution is 7.10. The molecule has 1 aromatic heterocycles. The summed E-state index contributed by atoms with van der Waals surface area (Å²) in [4.78, 5) is 41.9. The van der Waals surface area contributed by atoms with Gasteiger partial charge in [0.1, 0.15) is 6.54 Å². The van der Waals surface area contributed by atoms with E-state index in [0.717, 1.165) is 24.8 Å². The van der Waals surface area contributed by atoms with Crippen LogP contribution < -0.4 is 0 Å². The van der Waals surface area contributed by atoms with E-state index in [9.17, 15) is 19.7 Å². The Morgan fingerprint density at radius 1 is 1.09 bits per heavy atom. The van der Waals surface area contributed by atoms with Crippen molar-refractivity contribution in [2.75, 3.05) is 13.1 Å². The standard InChI is InChI=1S/C27H25N3O4S/c31-25(13-8-19-6-9-22(10-7-19)30(33)34)29(21-11-12-21)18-26(32)28-16-14-24-23(15-17-35-24)27(28)20-4-2-1-3-5-20/h1-10,13,15,17,21,27H,11-12,14,16,18H2/b13-8+. The summed E-state index contributed by atoms with van der Waals surface area (Å²) < 4.78 is 0. The lowest BCUT2D eigenvalue weighted by molar-refractivity contribution is -0.384. The minimum Gasteiger partial charge on any atom is -0.330 e. The van der Waals surface area contributed by atoms with Crippen LogP contribution in [0.3, 0.4) is 0 Å². The number of benzene rings is 2. The molecule has 1 fully saturated rings. The van der Waals surface area contributed by atoms with Crippen LogP contribution >= 0.6 is 11.3 Å². The summed E-state index contributed by atoms with van der Waals surface area (Å²) in [6.45, 7) is 0.661. The molecule has 0 N–H and O–H groups in total. The fourth-order valence-corrected chi connectivity index (χ4v) is 5.46. The first-order valence-electron chi connectivity index (χ1n) is 11.6.